The van der Waals surface area contributed by atoms with Gasteiger partial charge in [0.1, 0.15) is 5.82 Å². The normalized spacial score (nSPS) is 21.4. The summed E-state index contributed by atoms with van der Waals surface area (Å²) in [4.78, 5) is 11.6. The highest BCUT2D eigenvalue weighted by Gasteiger charge is 2.18. The van der Waals surface area contributed by atoms with Gasteiger partial charge in [0.25, 0.3) is 0 Å². The molecule has 0 spiro atoms. The first-order valence-electron chi connectivity index (χ1n) is 9.61. The summed E-state index contributed by atoms with van der Waals surface area (Å²) in [6, 6.07) is 4.78. The summed E-state index contributed by atoms with van der Waals surface area (Å²) in [5.74, 6) is 1.95. The van der Waals surface area contributed by atoms with Crippen molar-refractivity contribution in [3.05, 3.63) is 23.9 Å². The van der Waals surface area contributed by atoms with E-state index in [9.17, 15) is 0 Å². The van der Waals surface area contributed by atoms with E-state index in [0.29, 0.717) is 12.6 Å². The molecule has 2 heterocycles. The van der Waals surface area contributed by atoms with Gasteiger partial charge in [-0.2, -0.15) is 0 Å². The minimum Gasteiger partial charge on any atom is -0.375 e. The molecule has 1 aliphatic heterocycles. The molecule has 1 saturated heterocycles. The number of aliphatic imine (C=N–C) groups is 1. The van der Waals surface area contributed by atoms with Crippen molar-refractivity contribution in [2.45, 2.75) is 58.2 Å². The van der Waals surface area contributed by atoms with E-state index in [1.165, 1.54) is 31.2 Å². The first-order chi connectivity index (χ1) is 12.2. The quantitative estimate of drug-likeness (QED) is 0.391. The topological polar surface area (TPSA) is 61.8 Å². The van der Waals surface area contributed by atoms with Gasteiger partial charge in [0.2, 0.25) is 0 Å². The molecule has 1 saturated carbocycles. The number of aromatic nitrogens is 1. The molecule has 2 N–H and O–H groups in total. The summed E-state index contributed by atoms with van der Waals surface area (Å²) in [5.41, 5.74) is 1.19. The average molecular weight is 473 g/mol. The van der Waals surface area contributed by atoms with Gasteiger partial charge in [-0.25, -0.2) is 9.98 Å². The molecule has 0 amide bonds. The van der Waals surface area contributed by atoms with E-state index in [0.717, 1.165) is 38.0 Å². The third-order valence-electron chi connectivity index (χ3n) is 4.83. The molecule has 6 nitrogen and oxygen atoms in total. The molecule has 1 aromatic heterocycles. The maximum Gasteiger partial charge on any atom is 0.191 e. The van der Waals surface area contributed by atoms with Crippen molar-refractivity contribution < 1.29 is 4.74 Å². The number of guanidine groups is 1. The van der Waals surface area contributed by atoms with E-state index in [-0.39, 0.29) is 30.1 Å². The number of morpholine rings is 1. The fourth-order valence-electron chi connectivity index (χ4n) is 3.51. The zero-order chi connectivity index (χ0) is 17.5. The predicted octanol–water partition coefficient (Wildman–Crippen LogP) is 2.92. The molecule has 0 bridgehead atoms. The van der Waals surface area contributed by atoms with E-state index in [1.807, 2.05) is 6.20 Å². The molecule has 2 fully saturated rings. The molecule has 1 atom stereocenters. The Balaban J connectivity index is 0.00000243. The summed E-state index contributed by atoms with van der Waals surface area (Å²) in [7, 11) is 0. The van der Waals surface area contributed by atoms with Crippen LogP contribution in [0.1, 0.15) is 45.1 Å². The minimum absolute atomic E-state index is 0. The third kappa shape index (κ3) is 6.26. The smallest absolute Gasteiger partial charge is 0.191 e. The number of nitrogens with one attached hydrogen (secondary N) is 2. The number of anilines is 1. The van der Waals surface area contributed by atoms with Crippen LogP contribution in [-0.2, 0) is 11.3 Å². The first-order valence-corrected chi connectivity index (χ1v) is 9.61. The summed E-state index contributed by atoms with van der Waals surface area (Å²) in [5, 5.41) is 6.93. The zero-order valence-corrected chi connectivity index (χ0v) is 18.2. The van der Waals surface area contributed by atoms with Crippen LogP contribution in [0.3, 0.4) is 0 Å². The van der Waals surface area contributed by atoms with Gasteiger partial charge in [0, 0.05) is 31.9 Å². The molecule has 7 heteroatoms. The summed E-state index contributed by atoms with van der Waals surface area (Å²) < 4.78 is 5.62. The number of halogens is 1. The standard InChI is InChI=1S/C19H31N5O.HI/c1-3-20-19(23-17-6-4-5-7-17)22-13-16-8-9-21-18(12-16)24-10-11-25-15(2)14-24;/h8-9,12,15,17H,3-7,10-11,13-14H2,1-2H3,(H2,20,22,23);1H. The summed E-state index contributed by atoms with van der Waals surface area (Å²) >= 11 is 0. The maximum atomic E-state index is 5.62. The monoisotopic (exact) mass is 473 g/mol. The molecular weight excluding hydrogens is 441 g/mol. The highest BCUT2D eigenvalue weighted by molar-refractivity contribution is 14.0. The Kier molecular flexibility index (Phi) is 8.90. The van der Waals surface area contributed by atoms with Crippen LogP contribution in [0.25, 0.3) is 0 Å². The Hall–Kier alpha value is -1.09. The Bertz CT molecular complexity index is 577. The van der Waals surface area contributed by atoms with Crippen LogP contribution >= 0.6 is 24.0 Å². The van der Waals surface area contributed by atoms with E-state index < -0.39 is 0 Å². The second-order valence-corrected chi connectivity index (χ2v) is 6.97. The molecule has 1 aromatic rings. The Morgan fingerprint density at radius 3 is 2.92 bits per heavy atom. The van der Waals surface area contributed by atoms with E-state index in [1.54, 1.807) is 0 Å². The lowest BCUT2D eigenvalue weighted by atomic mass is 10.2. The van der Waals surface area contributed by atoms with Gasteiger partial charge < -0.3 is 20.3 Å². The second-order valence-electron chi connectivity index (χ2n) is 6.97. The SMILES string of the molecule is CCNC(=NCc1ccnc(N2CCOC(C)C2)c1)NC1CCCC1.I. The Morgan fingerprint density at radius 1 is 1.38 bits per heavy atom. The molecule has 0 radical (unpaired) electrons. The van der Waals surface area contributed by atoms with Gasteiger partial charge in [0.05, 0.1) is 19.3 Å². The number of nitrogens with zero attached hydrogens (tertiary/aromatic N) is 3. The summed E-state index contributed by atoms with van der Waals surface area (Å²) in [6.45, 7) is 8.32. The molecule has 0 aromatic carbocycles. The number of ether oxygens (including phenoxy) is 1. The van der Waals surface area contributed by atoms with Gasteiger partial charge in [0.15, 0.2) is 5.96 Å². The highest BCUT2D eigenvalue weighted by Crippen LogP contribution is 2.18. The predicted molar refractivity (Wildman–Crippen MR) is 117 cm³/mol. The lowest BCUT2D eigenvalue weighted by Gasteiger charge is -2.32. The highest BCUT2D eigenvalue weighted by atomic mass is 127. The van der Waals surface area contributed by atoms with Crippen LogP contribution in [0.5, 0.6) is 0 Å². The van der Waals surface area contributed by atoms with E-state index in [2.05, 4.69) is 46.5 Å². The van der Waals surface area contributed by atoms with Crippen molar-refractivity contribution in [3.63, 3.8) is 0 Å². The number of hydrogen-bond acceptors (Lipinski definition) is 4. The van der Waals surface area contributed by atoms with Crippen molar-refractivity contribution in [1.29, 1.82) is 0 Å². The maximum absolute atomic E-state index is 5.62. The average Bonchev–Trinajstić information content (AvgIpc) is 3.13. The van der Waals surface area contributed by atoms with Crippen molar-refractivity contribution >= 4 is 35.8 Å². The lowest BCUT2D eigenvalue weighted by molar-refractivity contribution is 0.0529. The molecule has 3 rings (SSSR count). The fourth-order valence-corrected chi connectivity index (χ4v) is 3.51. The minimum atomic E-state index is 0. The fraction of sp³-hybridized carbons (Fsp3) is 0.684. The van der Waals surface area contributed by atoms with Gasteiger partial charge >= 0.3 is 0 Å². The van der Waals surface area contributed by atoms with Gasteiger partial charge in [-0.15, -0.1) is 24.0 Å². The van der Waals surface area contributed by atoms with Crippen molar-refractivity contribution in [1.82, 2.24) is 15.6 Å². The van der Waals surface area contributed by atoms with Gasteiger partial charge in [-0.3, -0.25) is 0 Å². The van der Waals surface area contributed by atoms with Gasteiger partial charge in [-0.1, -0.05) is 12.8 Å². The Labute approximate surface area is 174 Å². The van der Waals surface area contributed by atoms with Crippen LogP contribution in [0.15, 0.2) is 23.3 Å². The van der Waals surface area contributed by atoms with Crippen LogP contribution in [0.4, 0.5) is 5.82 Å². The van der Waals surface area contributed by atoms with E-state index in [4.69, 9.17) is 9.73 Å². The van der Waals surface area contributed by atoms with Gasteiger partial charge in [-0.05, 0) is 44.4 Å². The van der Waals surface area contributed by atoms with Crippen LogP contribution in [-0.4, -0.2) is 49.3 Å². The molecule has 1 aliphatic carbocycles. The van der Waals surface area contributed by atoms with E-state index >= 15 is 0 Å². The molecule has 146 valence electrons. The number of rotatable bonds is 5. The van der Waals surface area contributed by atoms with Crippen molar-refractivity contribution in [2.75, 3.05) is 31.1 Å². The molecular formula is C19H32IN5O. The second kappa shape index (κ2) is 10.9. The summed E-state index contributed by atoms with van der Waals surface area (Å²) in [6.07, 6.45) is 7.29. The lowest BCUT2D eigenvalue weighted by Crippen LogP contribution is -2.42. The largest absolute Gasteiger partial charge is 0.375 e. The van der Waals surface area contributed by atoms with Crippen molar-refractivity contribution in [3.8, 4) is 0 Å². The van der Waals surface area contributed by atoms with Crippen LogP contribution in [0.2, 0.25) is 0 Å². The molecule has 2 aliphatic rings. The van der Waals surface area contributed by atoms with Crippen molar-refractivity contribution in [2.24, 2.45) is 4.99 Å². The van der Waals surface area contributed by atoms with Crippen LogP contribution < -0.4 is 15.5 Å². The van der Waals surface area contributed by atoms with Crippen LogP contribution in [0, 0.1) is 0 Å². The number of hydrogen-bond donors (Lipinski definition) is 2. The first kappa shape index (κ1) is 21.2. The third-order valence-corrected chi connectivity index (χ3v) is 4.83. The molecule has 1 unspecified atom stereocenters. The molecule has 26 heavy (non-hydrogen) atoms. The Morgan fingerprint density at radius 2 is 2.19 bits per heavy atom. The zero-order valence-electron chi connectivity index (χ0n) is 15.9. The number of pyridine rings is 1.